The fourth-order valence-corrected chi connectivity index (χ4v) is 4.15. The average Bonchev–Trinajstić information content (AvgIpc) is 2.78. The number of hydrogen-bond donors (Lipinski definition) is 1. The van der Waals surface area contributed by atoms with Gasteiger partial charge in [-0.2, -0.15) is 0 Å². The van der Waals surface area contributed by atoms with E-state index in [0.29, 0.717) is 18.1 Å². The van der Waals surface area contributed by atoms with Crippen LogP contribution in [0.25, 0.3) is 0 Å². The Morgan fingerprint density at radius 2 is 2.38 bits per heavy atom. The third kappa shape index (κ3) is 2.35. The van der Waals surface area contributed by atoms with Gasteiger partial charge in [0.15, 0.2) is 0 Å². The van der Waals surface area contributed by atoms with E-state index >= 15 is 0 Å². The summed E-state index contributed by atoms with van der Waals surface area (Å²) in [6.45, 7) is 5.22. The smallest absolute Gasteiger partial charge is 0.0731 e. The van der Waals surface area contributed by atoms with Crippen LogP contribution < -0.4 is 5.32 Å². The zero-order valence-corrected chi connectivity index (χ0v) is 12.3. The topological polar surface area (TPSA) is 21.3 Å². The zero-order valence-electron chi connectivity index (χ0n) is 9.92. The maximum absolute atomic E-state index is 5.66. The Morgan fingerprint density at radius 3 is 2.81 bits per heavy atom. The summed E-state index contributed by atoms with van der Waals surface area (Å²) < 4.78 is 6.90. The van der Waals surface area contributed by atoms with Crippen molar-refractivity contribution < 1.29 is 4.74 Å². The van der Waals surface area contributed by atoms with E-state index in [1.165, 1.54) is 14.2 Å². The highest BCUT2D eigenvalue weighted by Crippen LogP contribution is 2.38. The van der Waals surface area contributed by atoms with E-state index in [0.717, 1.165) is 13.0 Å². The number of ether oxygens (including phenoxy) is 1. The van der Waals surface area contributed by atoms with Crippen molar-refractivity contribution in [3.63, 3.8) is 0 Å². The molecule has 1 aliphatic rings. The minimum atomic E-state index is 0.360. The van der Waals surface area contributed by atoms with E-state index in [1.807, 2.05) is 18.4 Å². The highest BCUT2D eigenvalue weighted by molar-refractivity contribution is 9.11. The standard InChI is InChI=1S/C12H18BrNOS/c1-7-6-10(16-12(7)13)11(14-3)9-4-5-15-8(9)2/h6,8-9,11,14H,4-5H2,1-3H3. The third-order valence-electron chi connectivity index (χ3n) is 3.36. The predicted molar refractivity (Wildman–Crippen MR) is 72.1 cm³/mol. The van der Waals surface area contributed by atoms with Gasteiger partial charge in [-0.05, 0) is 54.9 Å². The van der Waals surface area contributed by atoms with Crippen LogP contribution in [0.4, 0.5) is 0 Å². The first-order chi connectivity index (χ1) is 7.63. The Hall–Kier alpha value is 0.1000. The Balaban J connectivity index is 2.21. The quantitative estimate of drug-likeness (QED) is 0.923. The maximum Gasteiger partial charge on any atom is 0.0731 e. The molecule has 0 aliphatic carbocycles. The summed E-state index contributed by atoms with van der Waals surface area (Å²) in [4.78, 5) is 1.41. The summed E-state index contributed by atoms with van der Waals surface area (Å²) in [7, 11) is 2.04. The first-order valence-electron chi connectivity index (χ1n) is 5.68. The van der Waals surface area contributed by atoms with Crippen molar-refractivity contribution in [1.29, 1.82) is 0 Å². The molecule has 0 radical (unpaired) electrons. The number of hydrogen-bond acceptors (Lipinski definition) is 3. The van der Waals surface area contributed by atoms with Gasteiger partial charge in [0.2, 0.25) is 0 Å². The minimum absolute atomic E-state index is 0.360. The molecule has 0 bridgehead atoms. The highest BCUT2D eigenvalue weighted by Gasteiger charge is 2.32. The molecule has 2 nitrogen and oxygen atoms in total. The van der Waals surface area contributed by atoms with E-state index in [9.17, 15) is 0 Å². The molecule has 0 amide bonds. The molecule has 0 aromatic carbocycles. The van der Waals surface area contributed by atoms with Gasteiger partial charge in [-0.1, -0.05) is 0 Å². The lowest BCUT2D eigenvalue weighted by atomic mass is 9.92. The van der Waals surface area contributed by atoms with Gasteiger partial charge in [-0.3, -0.25) is 0 Å². The maximum atomic E-state index is 5.66. The van der Waals surface area contributed by atoms with Crippen LogP contribution in [0.3, 0.4) is 0 Å². The second kappa shape index (κ2) is 5.17. The van der Waals surface area contributed by atoms with Crippen molar-refractivity contribution in [3.05, 3.63) is 20.3 Å². The molecule has 2 rings (SSSR count). The molecule has 1 fully saturated rings. The molecule has 90 valence electrons. The van der Waals surface area contributed by atoms with Crippen molar-refractivity contribution in [2.45, 2.75) is 32.4 Å². The summed E-state index contributed by atoms with van der Waals surface area (Å²) in [5.41, 5.74) is 1.33. The third-order valence-corrected chi connectivity index (χ3v) is 5.58. The van der Waals surface area contributed by atoms with Crippen LogP contribution in [0.2, 0.25) is 0 Å². The second-order valence-corrected chi connectivity index (χ2v) is 6.80. The molecule has 3 atom stereocenters. The van der Waals surface area contributed by atoms with Crippen molar-refractivity contribution in [1.82, 2.24) is 5.32 Å². The average molecular weight is 304 g/mol. The van der Waals surface area contributed by atoms with Crippen molar-refractivity contribution in [2.24, 2.45) is 5.92 Å². The largest absolute Gasteiger partial charge is 0.378 e. The van der Waals surface area contributed by atoms with Crippen LogP contribution in [-0.2, 0) is 4.74 Å². The van der Waals surface area contributed by atoms with Gasteiger partial charge in [0.25, 0.3) is 0 Å². The van der Waals surface area contributed by atoms with E-state index in [1.54, 1.807) is 0 Å². The van der Waals surface area contributed by atoms with Gasteiger partial charge in [-0.15, -0.1) is 11.3 Å². The molecule has 4 heteroatoms. The summed E-state index contributed by atoms with van der Waals surface area (Å²) in [6.07, 6.45) is 1.51. The lowest BCUT2D eigenvalue weighted by Gasteiger charge is -2.24. The van der Waals surface area contributed by atoms with Crippen molar-refractivity contribution in [3.8, 4) is 0 Å². The number of halogens is 1. The summed E-state index contributed by atoms with van der Waals surface area (Å²) >= 11 is 5.43. The van der Waals surface area contributed by atoms with Crippen LogP contribution >= 0.6 is 27.3 Å². The lowest BCUT2D eigenvalue weighted by Crippen LogP contribution is -2.28. The van der Waals surface area contributed by atoms with Crippen molar-refractivity contribution in [2.75, 3.05) is 13.7 Å². The fourth-order valence-electron chi connectivity index (χ4n) is 2.39. The molecule has 1 aromatic rings. The molecular formula is C12H18BrNOS. The zero-order chi connectivity index (χ0) is 11.7. The molecule has 1 aliphatic heterocycles. The Labute approximate surface area is 110 Å². The predicted octanol–water partition coefficient (Wildman–Crippen LogP) is 3.50. The SMILES string of the molecule is CNC(c1cc(C)c(Br)s1)C1CCOC1C. The van der Waals surface area contributed by atoms with E-state index < -0.39 is 0 Å². The van der Waals surface area contributed by atoms with Crippen LogP contribution in [-0.4, -0.2) is 19.8 Å². The Morgan fingerprint density at radius 1 is 1.62 bits per heavy atom. The molecule has 0 spiro atoms. The molecule has 2 heterocycles. The molecule has 1 aromatic heterocycles. The minimum Gasteiger partial charge on any atom is -0.378 e. The highest BCUT2D eigenvalue weighted by atomic mass is 79.9. The molecule has 3 unspecified atom stereocenters. The molecule has 16 heavy (non-hydrogen) atoms. The van der Waals surface area contributed by atoms with Crippen LogP contribution in [0.15, 0.2) is 9.85 Å². The van der Waals surface area contributed by atoms with Crippen LogP contribution in [0.5, 0.6) is 0 Å². The van der Waals surface area contributed by atoms with Gasteiger partial charge in [0.05, 0.1) is 9.89 Å². The summed E-state index contributed by atoms with van der Waals surface area (Å²) in [5.74, 6) is 0.593. The van der Waals surface area contributed by atoms with Crippen LogP contribution in [0.1, 0.15) is 29.8 Å². The number of rotatable bonds is 3. The van der Waals surface area contributed by atoms with E-state index in [-0.39, 0.29) is 0 Å². The Kier molecular flexibility index (Phi) is 4.06. The van der Waals surface area contributed by atoms with E-state index in [4.69, 9.17) is 4.74 Å². The number of nitrogens with one attached hydrogen (secondary N) is 1. The lowest BCUT2D eigenvalue weighted by molar-refractivity contribution is 0.0966. The summed E-state index contributed by atoms with van der Waals surface area (Å²) in [5, 5.41) is 3.44. The van der Waals surface area contributed by atoms with E-state index in [2.05, 4.69) is 41.2 Å². The van der Waals surface area contributed by atoms with Gasteiger partial charge >= 0.3 is 0 Å². The molecular weight excluding hydrogens is 286 g/mol. The molecule has 0 saturated carbocycles. The van der Waals surface area contributed by atoms with Crippen molar-refractivity contribution >= 4 is 27.3 Å². The van der Waals surface area contributed by atoms with Gasteiger partial charge in [-0.25, -0.2) is 0 Å². The monoisotopic (exact) mass is 303 g/mol. The Bertz CT molecular complexity index is 346. The number of thiophene rings is 1. The van der Waals surface area contributed by atoms with Gasteiger partial charge < -0.3 is 10.1 Å². The first kappa shape index (κ1) is 12.6. The normalized spacial score (nSPS) is 27.2. The fraction of sp³-hybridized carbons (Fsp3) is 0.667. The second-order valence-electron chi connectivity index (χ2n) is 4.40. The first-order valence-corrected chi connectivity index (χ1v) is 7.29. The van der Waals surface area contributed by atoms with Gasteiger partial charge in [0, 0.05) is 23.4 Å². The molecule has 1 saturated heterocycles. The number of aryl methyl sites for hydroxylation is 1. The summed E-state index contributed by atoms with van der Waals surface area (Å²) in [6, 6.07) is 2.70. The van der Waals surface area contributed by atoms with Crippen LogP contribution in [0, 0.1) is 12.8 Å². The molecule has 1 N–H and O–H groups in total. The van der Waals surface area contributed by atoms with Gasteiger partial charge in [0.1, 0.15) is 0 Å².